The number of methoxy groups -OCH3 is 1. The molecule has 152 valence electrons. The molecule has 0 unspecified atom stereocenters. The number of amides is 1. The van der Waals surface area contributed by atoms with Crippen molar-refractivity contribution in [3.63, 3.8) is 0 Å². The normalized spacial score (nSPS) is 20.7. The lowest BCUT2D eigenvalue weighted by Crippen LogP contribution is -2.31. The van der Waals surface area contributed by atoms with Gasteiger partial charge in [0.15, 0.2) is 0 Å². The van der Waals surface area contributed by atoms with Crippen LogP contribution in [0.3, 0.4) is 0 Å². The molecule has 1 atom stereocenters. The molecule has 0 radical (unpaired) electrons. The van der Waals surface area contributed by atoms with Gasteiger partial charge in [-0.2, -0.15) is 0 Å². The largest absolute Gasteiger partial charge is 0.383 e. The van der Waals surface area contributed by atoms with Gasteiger partial charge in [-0.05, 0) is 55.7 Å². The number of thiophene rings is 1. The summed E-state index contributed by atoms with van der Waals surface area (Å²) >= 11 is 1.65. The number of ether oxygens (including phenoxy) is 1. The summed E-state index contributed by atoms with van der Waals surface area (Å²) in [6.07, 6.45) is 4.68. The van der Waals surface area contributed by atoms with Gasteiger partial charge in [-0.15, -0.1) is 11.3 Å². The Labute approximate surface area is 168 Å². The molecule has 1 aromatic heterocycles. The molecule has 3 rings (SSSR count). The van der Waals surface area contributed by atoms with E-state index in [0.29, 0.717) is 11.8 Å². The van der Waals surface area contributed by atoms with Gasteiger partial charge in [0.05, 0.1) is 16.5 Å². The molecule has 0 aliphatic carbocycles. The maximum absolute atomic E-state index is 12.7. The van der Waals surface area contributed by atoms with Crippen LogP contribution in [0.2, 0.25) is 0 Å². The van der Waals surface area contributed by atoms with E-state index in [1.165, 1.54) is 42.9 Å². The number of carbonyl (C=O) groups is 1. The molecule has 1 aromatic rings. The standard InChI is InChI=1S/C21H35N3O2S/c1-16(2)14-23-9-7-17(15-23)13-22-20(25)19-12-18-6-4-5-8-24(10-11-26-3)21(18)27-19/h12,16-17H,4-11,13-15H2,1-3H3,(H,22,25)/t17-/m1/s1. The minimum atomic E-state index is 0.0991. The minimum absolute atomic E-state index is 0.0991. The smallest absolute Gasteiger partial charge is 0.261 e. The Hall–Kier alpha value is -1.11. The quantitative estimate of drug-likeness (QED) is 0.736. The van der Waals surface area contributed by atoms with Gasteiger partial charge >= 0.3 is 0 Å². The van der Waals surface area contributed by atoms with Crippen LogP contribution in [0.25, 0.3) is 0 Å². The van der Waals surface area contributed by atoms with E-state index in [9.17, 15) is 4.79 Å². The van der Waals surface area contributed by atoms with Crippen molar-refractivity contribution >= 4 is 22.2 Å². The van der Waals surface area contributed by atoms with Gasteiger partial charge in [0.25, 0.3) is 5.91 Å². The Morgan fingerprint density at radius 1 is 1.37 bits per heavy atom. The zero-order valence-corrected chi connectivity index (χ0v) is 17.9. The highest BCUT2D eigenvalue weighted by Crippen LogP contribution is 2.35. The first-order chi connectivity index (χ1) is 13.1. The van der Waals surface area contributed by atoms with Crippen LogP contribution in [0.15, 0.2) is 6.07 Å². The number of nitrogens with zero attached hydrogens (tertiary/aromatic N) is 2. The Bertz CT molecular complexity index is 617. The van der Waals surface area contributed by atoms with Crippen LogP contribution in [0.1, 0.15) is 48.3 Å². The van der Waals surface area contributed by atoms with E-state index in [1.807, 2.05) is 0 Å². The van der Waals surface area contributed by atoms with E-state index in [-0.39, 0.29) is 5.91 Å². The molecule has 1 amide bonds. The number of carbonyl (C=O) groups excluding carboxylic acids is 1. The second-order valence-corrected chi connectivity index (χ2v) is 9.43. The average Bonchev–Trinajstić information content (AvgIpc) is 3.21. The van der Waals surface area contributed by atoms with Crippen molar-refractivity contribution in [1.29, 1.82) is 0 Å². The maximum Gasteiger partial charge on any atom is 0.261 e. The number of hydrogen-bond donors (Lipinski definition) is 1. The van der Waals surface area contributed by atoms with Gasteiger partial charge in [-0.1, -0.05) is 13.8 Å². The minimum Gasteiger partial charge on any atom is -0.383 e. The Morgan fingerprint density at radius 3 is 3.00 bits per heavy atom. The SMILES string of the molecule is COCCN1CCCCc2cc(C(=O)NC[C@H]3CCN(CC(C)C)C3)sc21. The van der Waals surface area contributed by atoms with E-state index in [4.69, 9.17) is 4.74 Å². The van der Waals surface area contributed by atoms with Crippen LogP contribution in [0, 0.1) is 11.8 Å². The molecule has 0 aromatic carbocycles. The molecule has 6 heteroatoms. The first-order valence-electron chi connectivity index (χ1n) is 10.4. The first kappa shape index (κ1) is 20.6. The fourth-order valence-electron chi connectivity index (χ4n) is 4.20. The zero-order chi connectivity index (χ0) is 19.2. The molecular weight excluding hydrogens is 358 g/mol. The summed E-state index contributed by atoms with van der Waals surface area (Å²) < 4.78 is 5.26. The summed E-state index contributed by atoms with van der Waals surface area (Å²) in [6.45, 7) is 11.5. The Morgan fingerprint density at radius 2 is 2.22 bits per heavy atom. The van der Waals surface area contributed by atoms with Crippen LogP contribution in [-0.2, 0) is 11.2 Å². The van der Waals surface area contributed by atoms with Crippen molar-refractivity contribution in [3.05, 3.63) is 16.5 Å². The fraction of sp³-hybridized carbons (Fsp3) is 0.762. The molecule has 1 saturated heterocycles. The first-order valence-corrected chi connectivity index (χ1v) is 11.3. The summed E-state index contributed by atoms with van der Waals surface area (Å²) in [7, 11) is 1.75. The molecule has 3 heterocycles. The monoisotopic (exact) mass is 393 g/mol. The van der Waals surface area contributed by atoms with Crippen LogP contribution in [0.4, 0.5) is 5.00 Å². The topological polar surface area (TPSA) is 44.8 Å². The summed E-state index contributed by atoms with van der Waals surface area (Å²) in [5, 5.41) is 4.48. The van der Waals surface area contributed by atoms with Gasteiger partial charge in [-0.25, -0.2) is 0 Å². The molecule has 5 nitrogen and oxygen atoms in total. The van der Waals surface area contributed by atoms with Crippen molar-refractivity contribution in [2.45, 2.75) is 39.5 Å². The summed E-state index contributed by atoms with van der Waals surface area (Å²) in [5.74, 6) is 1.40. The third-order valence-corrected chi connectivity index (χ3v) is 6.77. The number of anilines is 1. The highest BCUT2D eigenvalue weighted by atomic mass is 32.1. The van der Waals surface area contributed by atoms with E-state index >= 15 is 0 Å². The van der Waals surface area contributed by atoms with Crippen LogP contribution >= 0.6 is 11.3 Å². The van der Waals surface area contributed by atoms with E-state index in [2.05, 4.69) is 35.0 Å². The maximum atomic E-state index is 12.7. The number of rotatable bonds is 8. The molecular formula is C21H35N3O2S. The fourth-order valence-corrected chi connectivity index (χ4v) is 5.38. The lowest BCUT2D eigenvalue weighted by molar-refractivity contribution is 0.0951. The Balaban J connectivity index is 1.55. The number of hydrogen-bond acceptors (Lipinski definition) is 5. The molecule has 0 spiro atoms. The van der Waals surface area contributed by atoms with E-state index in [1.54, 1.807) is 18.4 Å². The third-order valence-electron chi connectivity index (χ3n) is 5.53. The summed E-state index contributed by atoms with van der Waals surface area (Å²) in [6, 6.07) is 2.13. The van der Waals surface area contributed by atoms with Gasteiger partial charge in [0.1, 0.15) is 0 Å². The molecule has 0 saturated carbocycles. The van der Waals surface area contributed by atoms with E-state index < -0.39 is 0 Å². The molecule has 1 fully saturated rings. The molecule has 1 N–H and O–H groups in total. The predicted molar refractivity (Wildman–Crippen MR) is 113 cm³/mol. The van der Waals surface area contributed by atoms with Crippen LogP contribution in [-0.4, -0.2) is 63.8 Å². The van der Waals surface area contributed by atoms with Gasteiger partial charge in [0, 0.05) is 39.8 Å². The predicted octanol–water partition coefficient (Wildman–Crippen LogP) is 3.24. The third kappa shape index (κ3) is 5.69. The highest BCUT2D eigenvalue weighted by molar-refractivity contribution is 7.18. The highest BCUT2D eigenvalue weighted by Gasteiger charge is 2.25. The van der Waals surface area contributed by atoms with Crippen LogP contribution in [0.5, 0.6) is 0 Å². The summed E-state index contributed by atoms with van der Waals surface area (Å²) in [4.78, 5) is 18.5. The van der Waals surface area contributed by atoms with Crippen molar-refractivity contribution < 1.29 is 9.53 Å². The number of likely N-dealkylation sites (tertiary alicyclic amines) is 1. The Kier molecular flexibility index (Phi) is 7.56. The lowest BCUT2D eigenvalue weighted by atomic mass is 10.1. The van der Waals surface area contributed by atoms with Gasteiger partial charge in [-0.3, -0.25) is 4.79 Å². The summed E-state index contributed by atoms with van der Waals surface area (Å²) in [5.41, 5.74) is 1.34. The van der Waals surface area contributed by atoms with E-state index in [0.717, 1.165) is 44.1 Å². The molecule has 2 aliphatic heterocycles. The number of aryl methyl sites for hydroxylation is 1. The zero-order valence-electron chi connectivity index (χ0n) is 17.1. The molecule has 2 aliphatic rings. The van der Waals surface area contributed by atoms with Crippen molar-refractivity contribution in [2.75, 3.05) is 57.9 Å². The van der Waals surface area contributed by atoms with Crippen molar-refractivity contribution in [2.24, 2.45) is 11.8 Å². The second kappa shape index (κ2) is 9.89. The average molecular weight is 394 g/mol. The lowest BCUT2D eigenvalue weighted by Gasteiger charge is -2.21. The number of fused-ring (bicyclic) bond motifs is 1. The van der Waals surface area contributed by atoms with Crippen LogP contribution < -0.4 is 10.2 Å². The second-order valence-electron chi connectivity index (χ2n) is 8.40. The van der Waals surface area contributed by atoms with Gasteiger partial charge < -0.3 is 19.9 Å². The molecule has 0 bridgehead atoms. The van der Waals surface area contributed by atoms with Gasteiger partial charge in [0.2, 0.25) is 0 Å². The van der Waals surface area contributed by atoms with Crippen molar-refractivity contribution in [1.82, 2.24) is 10.2 Å². The molecule has 27 heavy (non-hydrogen) atoms. The van der Waals surface area contributed by atoms with Crippen molar-refractivity contribution in [3.8, 4) is 0 Å². The number of nitrogens with one attached hydrogen (secondary N) is 1.